The first-order chi connectivity index (χ1) is 6.68. The van der Waals surface area contributed by atoms with Gasteiger partial charge in [0.2, 0.25) is 0 Å². The molecule has 0 fully saturated rings. The van der Waals surface area contributed by atoms with Crippen LogP contribution in [-0.4, -0.2) is 5.97 Å². The molecule has 0 aromatic carbocycles. The summed E-state index contributed by atoms with van der Waals surface area (Å²) in [7, 11) is 0. The average Bonchev–Trinajstić information content (AvgIpc) is 2.50. The van der Waals surface area contributed by atoms with Crippen LogP contribution in [-0.2, 0) is 9.53 Å². The predicted octanol–water partition coefficient (Wildman–Crippen LogP) is 3.42. The van der Waals surface area contributed by atoms with Crippen LogP contribution < -0.4 is 0 Å². The van der Waals surface area contributed by atoms with Gasteiger partial charge < -0.3 is 4.74 Å². The maximum atomic E-state index is 10.8. The molecule has 2 heteroatoms. The van der Waals surface area contributed by atoms with Crippen molar-refractivity contribution in [2.45, 2.75) is 52.4 Å². The van der Waals surface area contributed by atoms with Gasteiger partial charge in [0.1, 0.15) is 5.76 Å². The van der Waals surface area contributed by atoms with Gasteiger partial charge in [0, 0.05) is 6.42 Å². The second-order valence-electron chi connectivity index (χ2n) is 4.34. The van der Waals surface area contributed by atoms with E-state index in [-0.39, 0.29) is 5.97 Å². The van der Waals surface area contributed by atoms with Crippen LogP contribution in [0.2, 0.25) is 0 Å². The Morgan fingerprint density at radius 2 is 2.14 bits per heavy atom. The summed E-state index contributed by atoms with van der Waals surface area (Å²) >= 11 is 0. The van der Waals surface area contributed by atoms with E-state index in [9.17, 15) is 4.79 Å². The molecule has 1 rings (SSSR count). The Balaban J connectivity index is 1.97. The summed E-state index contributed by atoms with van der Waals surface area (Å²) < 4.78 is 5.01. The van der Waals surface area contributed by atoms with Gasteiger partial charge in [-0.25, -0.2) is 0 Å². The number of carbonyl (C=O) groups excluding carboxylic acids is 1. The van der Waals surface area contributed by atoms with Gasteiger partial charge in [-0.15, -0.1) is 0 Å². The van der Waals surface area contributed by atoms with Crippen LogP contribution in [0.1, 0.15) is 52.4 Å². The highest BCUT2D eigenvalue weighted by atomic mass is 16.5. The lowest BCUT2D eigenvalue weighted by Crippen LogP contribution is -1.94. The highest BCUT2D eigenvalue weighted by molar-refractivity contribution is 5.75. The molecule has 0 aliphatic carbocycles. The molecule has 1 aliphatic rings. The van der Waals surface area contributed by atoms with Gasteiger partial charge in [-0.2, -0.15) is 0 Å². The Bertz CT molecular complexity index is 216. The molecule has 2 nitrogen and oxygen atoms in total. The van der Waals surface area contributed by atoms with Gasteiger partial charge in [-0.05, 0) is 18.4 Å². The third-order valence-electron chi connectivity index (χ3n) is 2.45. The zero-order chi connectivity index (χ0) is 10.4. The van der Waals surface area contributed by atoms with Gasteiger partial charge >= 0.3 is 5.97 Å². The monoisotopic (exact) mass is 196 g/mol. The summed E-state index contributed by atoms with van der Waals surface area (Å²) in [5.41, 5.74) is 0. The molecule has 0 N–H and O–H groups in total. The van der Waals surface area contributed by atoms with Crippen LogP contribution in [0.3, 0.4) is 0 Å². The molecule has 0 spiro atoms. The Labute approximate surface area is 86.3 Å². The minimum Gasteiger partial charge on any atom is -0.431 e. The summed E-state index contributed by atoms with van der Waals surface area (Å²) in [6.45, 7) is 4.50. The fourth-order valence-electron chi connectivity index (χ4n) is 1.61. The number of hydrogen-bond acceptors (Lipinski definition) is 2. The molecule has 1 aliphatic heterocycles. The first-order valence-electron chi connectivity index (χ1n) is 5.58. The van der Waals surface area contributed by atoms with Crippen molar-refractivity contribution in [2.75, 3.05) is 0 Å². The lowest BCUT2D eigenvalue weighted by molar-refractivity contribution is -0.136. The molecule has 0 saturated heterocycles. The number of ether oxygens (including phenoxy) is 1. The molecule has 0 atom stereocenters. The zero-order valence-corrected chi connectivity index (χ0v) is 9.21. The molecule has 0 aromatic heterocycles. The molecule has 14 heavy (non-hydrogen) atoms. The zero-order valence-electron chi connectivity index (χ0n) is 9.21. The largest absolute Gasteiger partial charge is 0.431 e. The third kappa shape index (κ3) is 4.45. The second-order valence-corrected chi connectivity index (χ2v) is 4.34. The summed E-state index contributed by atoms with van der Waals surface area (Å²) in [4.78, 5) is 10.8. The summed E-state index contributed by atoms with van der Waals surface area (Å²) in [5, 5.41) is 0. The Hall–Kier alpha value is -0.790. The van der Waals surface area contributed by atoms with Gasteiger partial charge in [0.05, 0.1) is 6.42 Å². The fourth-order valence-corrected chi connectivity index (χ4v) is 1.61. The number of unbranched alkanes of at least 4 members (excludes halogenated alkanes) is 2. The topological polar surface area (TPSA) is 26.3 Å². The first kappa shape index (κ1) is 11.3. The molecule has 0 saturated carbocycles. The SMILES string of the molecule is CC(C)CCCCCC1=CCC(=O)O1. The highest BCUT2D eigenvalue weighted by Gasteiger charge is 2.13. The second kappa shape index (κ2) is 5.84. The van der Waals surface area contributed by atoms with Crippen LogP contribution in [0.5, 0.6) is 0 Å². The van der Waals surface area contributed by atoms with E-state index in [1.807, 2.05) is 6.08 Å². The third-order valence-corrected chi connectivity index (χ3v) is 2.45. The van der Waals surface area contributed by atoms with E-state index >= 15 is 0 Å². The number of cyclic esters (lactones) is 1. The van der Waals surface area contributed by atoms with Gasteiger partial charge in [-0.3, -0.25) is 4.79 Å². The molecule has 80 valence electrons. The minimum atomic E-state index is -0.0952. The number of rotatable bonds is 6. The Morgan fingerprint density at radius 3 is 2.71 bits per heavy atom. The summed E-state index contributed by atoms with van der Waals surface area (Å²) in [5.74, 6) is 1.60. The molecule has 0 radical (unpaired) electrons. The quantitative estimate of drug-likeness (QED) is 0.480. The normalized spacial score (nSPS) is 15.9. The van der Waals surface area contributed by atoms with Gasteiger partial charge in [0.15, 0.2) is 0 Å². The standard InChI is InChI=1S/C12H20O2/c1-10(2)6-4-3-5-7-11-8-9-12(13)14-11/h8,10H,3-7,9H2,1-2H3. The van der Waals surface area contributed by atoms with Crippen molar-refractivity contribution in [3.8, 4) is 0 Å². The number of allylic oxidation sites excluding steroid dienone is 1. The van der Waals surface area contributed by atoms with Crippen molar-refractivity contribution in [3.63, 3.8) is 0 Å². The van der Waals surface area contributed by atoms with Crippen LogP contribution in [0.25, 0.3) is 0 Å². The fraction of sp³-hybridized carbons (Fsp3) is 0.750. The number of carbonyl (C=O) groups is 1. The molecule has 0 bridgehead atoms. The summed E-state index contributed by atoms with van der Waals surface area (Å²) in [6, 6.07) is 0. The molecular weight excluding hydrogens is 176 g/mol. The molecule has 0 aromatic rings. The molecule has 1 heterocycles. The molecular formula is C12H20O2. The van der Waals surface area contributed by atoms with Crippen LogP contribution in [0, 0.1) is 5.92 Å². The van der Waals surface area contributed by atoms with Crippen LogP contribution in [0.15, 0.2) is 11.8 Å². The maximum absolute atomic E-state index is 10.8. The van der Waals surface area contributed by atoms with E-state index in [1.54, 1.807) is 0 Å². The lowest BCUT2D eigenvalue weighted by Gasteiger charge is -2.04. The minimum absolute atomic E-state index is 0.0952. The van der Waals surface area contributed by atoms with Crippen molar-refractivity contribution < 1.29 is 9.53 Å². The van der Waals surface area contributed by atoms with Crippen molar-refractivity contribution in [2.24, 2.45) is 5.92 Å². The van der Waals surface area contributed by atoms with E-state index in [1.165, 1.54) is 19.3 Å². The Morgan fingerprint density at radius 1 is 1.36 bits per heavy atom. The smallest absolute Gasteiger partial charge is 0.314 e. The van der Waals surface area contributed by atoms with E-state index in [0.29, 0.717) is 6.42 Å². The van der Waals surface area contributed by atoms with Crippen molar-refractivity contribution in [3.05, 3.63) is 11.8 Å². The first-order valence-corrected chi connectivity index (χ1v) is 5.58. The average molecular weight is 196 g/mol. The van der Waals surface area contributed by atoms with E-state index in [2.05, 4.69) is 13.8 Å². The van der Waals surface area contributed by atoms with Crippen LogP contribution in [0.4, 0.5) is 0 Å². The highest BCUT2D eigenvalue weighted by Crippen LogP contribution is 2.18. The van der Waals surface area contributed by atoms with E-state index in [4.69, 9.17) is 4.74 Å². The van der Waals surface area contributed by atoms with Gasteiger partial charge in [0.25, 0.3) is 0 Å². The summed E-state index contributed by atoms with van der Waals surface area (Å²) in [6.07, 6.45) is 8.30. The number of esters is 1. The van der Waals surface area contributed by atoms with E-state index < -0.39 is 0 Å². The van der Waals surface area contributed by atoms with E-state index in [0.717, 1.165) is 24.5 Å². The van der Waals surface area contributed by atoms with Crippen LogP contribution >= 0.6 is 0 Å². The van der Waals surface area contributed by atoms with Gasteiger partial charge in [-0.1, -0.05) is 33.1 Å². The predicted molar refractivity (Wildman–Crippen MR) is 56.7 cm³/mol. The maximum Gasteiger partial charge on any atom is 0.314 e. The number of hydrogen-bond donors (Lipinski definition) is 0. The lowest BCUT2D eigenvalue weighted by atomic mass is 10.0. The van der Waals surface area contributed by atoms with Crippen molar-refractivity contribution >= 4 is 5.97 Å². The Kier molecular flexibility index (Phi) is 4.71. The molecule has 0 unspecified atom stereocenters. The van der Waals surface area contributed by atoms with Crippen molar-refractivity contribution in [1.29, 1.82) is 0 Å². The molecule has 0 amide bonds. The van der Waals surface area contributed by atoms with Crippen molar-refractivity contribution in [1.82, 2.24) is 0 Å².